The van der Waals surface area contributed by atoms with Crippen LogP contribution >= 0.6 is 0 Å². The number of fused-ring (bicyclic) bond motifs is 1. The predicted molar refractivity (Wildman–Crippen MR) is 75.0 cm³/mol. The van der Waals surface area contributed by atoms with E-state index in [0.29, 0.717) is 18.6 Å². The Morgan fingerprint density at radius 1 is 1.26 bits per heavy atom. The van der Waals surface area contributed by atoms with E-state index in [-0.39, 0.29) is 5.78 Å². The van der Waals surface area contributed by atoms with Crippen molar-refractivity contribution in [1.29, 1.82) is 0 Å². The van der Waals surface area contributed by atoms with Crippen LogP contribution in [-0.2, 0) is 11.2 Å². The summed E-state index contributed by atoms with van der Waals surface area (Å²) in [6.45, 7) is 9.48. The molecule has 1 N–H and O–H groups in total. The highest BCUT2D eigenvalue weighted by Crippen LogP contribution is 2.43. The number of Topliss-reactive ketones (excluding diaryl/α,β-unsaturated/α-hetero) is 1. The number of phenols is 1. The van der Waals surface area contributed by atoms with Crippen molar-refractivity contribution < 1.29 is 14.6 Å². The number of aromatic hydroxyl groups is 1. The van der Waals surface area contributed by atoms with Gasteiger partial charge in [0.05, 0.1) is 0 Å². The molecule has 19 heavy (non-hydrogen) atoms. The average Bonchev–Trinajstić information content (AvgIpc) is 2.41. The van der Waals surface area contributed by atoms with Crippen molar-refractivity contribution in [3.8, 4) is 11.5 Å². The Morgan fingerprint density at radius 3 is 2.47 bits per heavy atom. The molecule has 104 valence electrons. The summed E-state index contributed by atoms with van der Waals surface area (Å²) < 4.78 is 6.06. The van der Waals surface area contributed by atoms with Crippen LogP contribution in [0.4, 0.5) is 0 Å². The molecule has 1 aliphatic rings. The minimum atomic E-state index is -0.720. The Hall–Kier alpha value is -1.51. The maximum absolute atomic E-state index is 12.1. The molecular weight excluding hydrogens is 240 g/mol. The standard InChI is InChI=1S/C16H22O3/c1-6-13(17)16(5)8-7-12-11(4)14(18)9(2)10(3)15(12)19-16/h18H,6-8H2,1-5H3/t16-/m0/s1. The summed E-state index contributed by atoms with van der Waals surface area (Å²) in [5, 5.41) is 10.1. The molecule has 0 radical (unpaired) electrons. The number of ketones is 1. The fourth-order valence-electron chi connectivity index (χ4n) is 2.82. The highest BCUT2D eigenvalue weighted by Gasteiger charge is 2.39. The first-order valence-electron chi connectivity index (χ1n) is 6.85. The Kier molecular flexibility index (Phi) is 3.33. The number of benzene rings is 1. The van der Waals surface area contributed by atoms with Gasteiger partial charge in [0.1, 0.15) is 11.5 Å². The topological polar surface area (TPSA) is 46.5 Å². The summed E-state index contributed by atoms with van der Waals surface area (Å²) in [5.74, 6) is 1.29. The molecule has 0 amide bonds. The van der Waals surface area contributed by atoms with Gasteiger partial charge < -0.3 is 9.84 Å². The molecule has 0 aliphatic carbocycles. The van der Waals surface area contributed by atoms with Crippen LogP contribution in [0.5, 0.6) is 11.5 Å². The third-order valence-corrected chi connectivity index (χ3v) is 4.43. The van der Waals surface area contributed by atoms with Crippen molar-refractivity contribution in [1.82, 2.24) is 0 Å². The van der Waals surface area contributed by atoms with Crippen LogP contribution in [0.15, 0.2) is 0 Å². The number of phenolic OH excluding ortho intramolecular Hbond substituents is 1. The van der Waals surface area contributed by atoms with Crippen molar-refractivity contribution in [2.24, 2.45) is 0 Å². The van der Waals surface area contributed by atoms with Crippen LogP contribution in [0.25, 0.3) is 0 Å². The lowest BCUT2D eigenvalue weighted by atomic mass is 9.84. The van der Waals surface area contributed by atoms with E-state index in [1.54, 1.807) is 0 Å². The Labute approximate surface area is 114 Å². The zero-order valence-electron chi connectivity index (χ0n) is 12.4. The molecule has 0 unspecified atom stereocenters. The van der Waals surface area contributed by atoms with Crippen LogP contribution in [0.1, 0.15) is 48.9 Å². The molecule has 0 fully saturated rings. The van der Waals surface area contributed by atoms with Crippen LogP contribution in [0.3, 0.4) is 0 Å². The molecule has 0 spiro atoms. The Balaban J connectivity index is 2.55. The van der Waals surface area contributed by atoms with Gasteiger partial charge in [0, 0.05) is 12.0 Å². The van der Waals surface area contributed by atoms with E-state index in [2.05, 4.69) is 0 Å². The van der Waals surface area contributed by atoms with Crippen LogP contribution in [-0.4, -0.2) is 16.5 Å². The third-order valence-electron chi connectivity index (χ3n) is 4.43. The Bertz CT molecular complexity index is 546. The molecule has 1 atom stereocenters. The van der Waals surface area contributed by atoms with E-state index < -0.39 is 5.60 Å². The third kappa shape index (κ3) is 2.01. The molecular formula is C16H22O3. The lowest BCUT2D eigenvalue weighted by molar-refractivity contribution is -0.134. The van der Waals surface area contributed by atoms with E-state index in [1.165, 1.54) is 0 Å². The number of rotatable bonds is 2. The van der Waals surface area contributed by atoms with Gasteiger partial charge in [-0.15, -0.1) is 0 Å². The number of hydrogen-bond donors (Lipinski definition) is 1. The first-order valence-corrected chi connectivity index (χ1v) is 6.85. The highest BCUT2D eigenvalue weighted by molar-refractivity contribution is 5.87. The largest absolute Gasteiger partial charge is 0.507 e. The van der Waals surface area contributed by atoms with Crippen molar-refractivity contribution >= 4 is 5.78 Å². The first kappa shape index (κ1) is 13.9. The first-order chi connectivity index (χ1) is 8.81. The molecule has 1 aliphatic heterocycles. The quantitative estimate of drug-likeness (QED) is 0.888. The SMILES string of the molecule is CCC(=O)[C@]1(C)CCc2c(C)c(O)c(C)c(C)c2O1. The summed E-state index contributed by atoms with van der Waals surface area (Å²) in [4.78, 5) is 12.1. The zero-order chi connectivity index (χ0) is 14.4. The van der Waals surface area contributed by atoms with E-state index in [9.17, 15) is 9.90 Å². The molecule has 0 saturated heterocycles. The van der Waals surface area contributed by atoms with Gasteiger partial charge in [0.25, 0.3) is 0 Å². The fourth-order valence-corrected chi connectivity index (χ4v) is 2.82. The molecule has 2 rings (SSSR count). The lowest BCUT2D eigenvalue weighted by Gasteiger charge is -2.36. The van der Waals surface area contributed by atoms with E-state index in [1.807, 2.05) is 34.6 Å². The Morgan fingerprint density at radius 2 is 1.89 bits per heavy atom. The molecule has 0 saturated carbocycles. The van der Waals surface area contributed by atoms with Gasteiger partial charge in [0.2, 0.25) is 0 Å². The van der Waals surface area contributed by atoms with Crippen molar-refractivity contribution in [2.75, 3.05) is 0 Å². The maximum atomic E-state index is 12.1. The summed E-state index contributed by atoms with van der Waals surface area (Å²) >= 11 is 0. The maximum Gasteiger partial charge on any atom is 0.175 e. The average molecular weight is 262 g/mol. The number of carbonyl (C=O) groups excluding carboxylic acids is 1. The summed E-state index contributed by atoms with van der Waals surface area (Å²) in [5.41, 5.74) is 2.98. The van der Waals surface area contributed by atoms with Gasteiger partial charge >= 0.3 is 0 Å². The lowest BCUT2D eigenvalue weighted by Crippen LogP contribution is -2.44. The molecule has 1 aromatic carbocycles. The van der Waals surface area contributed by atoms with E-state index in [4.69, 9.17) is 4.74 Å². The van der Waals surface area contributed by atoms with Gasteiger partial charge in [0.15, 0.2) is 11.4 Å². The van der Waals surface area contributed by atoms with Crippen molar-refractivity contribution in [2.45, 2.75) is 59.5 Å². The van der Waals surface area contributed by atoms with Gasteiger partial charge in [-0.05, 0) is 57.2 Å². The summed E-state index contributed by atoms with van der Waals surface area (Å²) in [6, 6.07) is 0. The van der Waals surface area contributed by atoms with Gasteiger partial charge in [-0.1, -0.05) is 6.92 Å². The second kappa shape index (κ2) is 4.55. The second-order valence-electron chi connectivity index (χ2n) is 5.64. The van der Waals surface area contributed by atoms with Crippen LogP contribution in [0.2, 0.25) is 0 Å². The van der Waals surface area contributed by atoms with Crippen molar-refractivity contribution in [3.63, 3.8) is 0 Å². The molecule has 0 bridgehead atoms. The minimum absolute atomic E-state index is 0.140. The number of hydrogen-bond acceptors (Lipinski definition) is 3. The second-order valence-corrected chi connectivity index (χ2v) is 5.64. The van der Waals surface area contributed by atoms with Gasteiger partial charge in [-0.25, -0.2) is 0 Å². The summed E-state index contributed by atoms with van der Waals surface area (Å²) in [6.07, 6.45) is 1.94. The highest BCUT2D eigenvalue weighted by atomic mass is 16.5. The fraction of sp³-hybridized carbons (Fsp3) is 0.562. The minimum Gasteiger partial charge on any atom is -0.507 e. The predicted octanol–water partition coefficient (Wildman–Crippen LogP) is 3.38. The number of carbonyl (C=O) groups is 1. The van der Waals surface area contributed by atoms with Crippen molar-refractivity contribution in [3.05, 3.63) is 22.3 Å². The van der Waals surface area contributed by atoms with Crippen LogP contribution in [0, 0.1) is 20.8 Å². The normalized spacial score (nSPS) is 21.7. The van der Waals surface area contributed by atoms with E-state index in [0.717, 1.165) is 34.4 Å². The zero-order valence-corrected chi connectivity index (χ0v) is 12.4. The molecule has 1 aromatic rings. The van der Waals surface area contributed by atoms with Gasteiger partial charge in [-0.2, -0.15) is 0 Å². The van der Waals surface area contributed by atoms with Gasteiger partial charge in [-0.3, -0.25) is 4.79 Å². The van der Waals surface area contributed by atoms with E-state index >= 15 is 0 Å². The molecule has 3 heteroatoms. The monoisotopic (exact) mass is 262 g/mol. The molecule has 3 nitrogen and oxygen atoms in total. The molecule has 1 heterocycles. The molecule has 0 aromatic heterocycles. The number of ether oxygens (including phenoxy) is 1. The summed E-state index contributed by atoms with van der Waals surface area (Å²) in [7, 11) is 0. The van der Waals surface area contributed by atoms with Crippen LogP contribution < -0.4 is 4.74 Å². The smallest absolute Gasteiger partial charge is 0.175 e.